The van der Waals surface area contributed by atoms with E-state index in [1.54, 1.807) is 12.1 Å². The Morgan fingerprint density at radius 3 is 2.34 bits per heavy atom. The maximum absolute atomic E-state index is 13.1. The molecule has 1 aliphatic heterocycles. The van der Waals surface area contributed by atoms with Gasteiger partial charge in [-0.15, -0.1) is 0 Å². The highest BCUT2D eigenvalue weighted by Crippen LogP contribution is 2.22. The fourth-order valence-electron chi connectivity index (χ4n) is 3.53. The lowest BCUT2D eigenvalue weighted by Gasteiger charge is -2.31. The lowest BCUT2D eigenvalue weighted by Crippen LogP contribution is -2.47. The highest BCUT2D eigenvalue weighted by molar-refractivity contribution is 7.89. The summed E-state index contributed by atoms with van der Waals surface area (Å²) < 4.78 is 27.6. The summed E-state index contributed by atoms with van der Waals surface area (Å²) in [7, 11) is -1.64. The molecule has 1 atom stereocenters. The van der Waals surface area contributed by atoms with Crippen LogP contribution in [0.25, 0.3) is 0 Å². The molecule has 0 aliphatic carbocycles. The predicted octanol–water partition coefficient (Wildman–Crippen LogP) is 2.81. The first kappa shape index (κ1) is 21.5. The van der Waals surface area contributed by atoms with Crippen LogP contribution in [0.15, 0.2) is 53.4 Å². The van der Waals surface area contributed by atoms with Crippen LogP contribution in [0.2, 0.25) is 0 Å². The van der Waals surface area contributed by atoms with E-state index in [1.807, 2.05) is 51.2 Å². The Hall–Kier alpha value is -2.22. The maximum Gasteiger partial charge on any atom is 0.252 e. The van der Waals surface area contributed by atoms with Crippen molar-refractivity contribution in [2.24, 2.45) is 0 Å². The number of likely N-dealkylation sites (N-methyl/N-ethyl adjacent to an activating group) is 1. The Labute approximate surface area is 173 Å². The number of aryl methyl sites for hydroxylation is 1. The molecule has 1 amide bonds. The van der Waals surface area contributed by atoms with E-state index in [4.69, 9.17) is 0 Å². The Morgan fingerprint density at radius 1 is 1.07 bits per heavy atom. The normalized spacial score (nSPS) is 17.1. The number of piperazine rings is 1. The number of nitrogens with one attached hydrogen (secondary N) is 1. The smallest absolute Gasteiger partial charge is 0.252 e. The molecule has 0 radical (unpaired) electrons. The molecule has 29 heavy (non-hydrogen) atoms. The molecular weight excluding hydrogens is 386 g/mol. The van der Waals surface area contributed by atoms with E-state index >= 15 is 0 Å². The second-order valence-corrected chi connectivity index (χ2v) is 9.47. The van der Waals surface area contributed by atoms with Crippen molar-refractivity contribution < 1.29 is 13.2 Å². The molecule has 0 aromatic heterocycles. The zero-order valence-corrected chi connectivity index (χ0v) is 18.1. The number of hydrogen-bond acceptors (Lipinski definition) is 4. The quantitative estimate of drug-likeness (QED) is 0.788. The number of hydrogen-bond donors (Lipinski definition) is 1. The monoisotopic (exact) mass is 415 g/mol. The number of rotatable bonds is 6. The van der Waals surface area contributed by atoms with E-state index in [1.165, 1.54) is 10.4 Å². The second kappa shape index (κ2) is 9.07. The Bertz CT molecular complexity index is 953. The molecule has 156 valence electrons. The zero-order valence-electron chi connectivity index (χ0n) is 17.3. The number of amides is 1. The van der Waals surface area contributed by atoms with Crippen molar-refractivity contribution in [3.63, 3.8) is 0 Å². The molecule has 1 unspecified atom stereocenters. The van der Waals surface area contributed by atoms with Crippen LogP contribution in [0.3, 0.4) is 0 Å². The van der Waals surface area contributed by atoms with Crippen LogP contribution in [0.4, 0.5) is 0 Å². The van der Waals surface area contributed by atoms with Crippen LogP contribution in [-0.4, -0.2) is 56.8 Å². The molecule has 1 fully saturated rings. The van der Waals surface area contributed by atoms with E-state index in [0.29, 0.717) is 31.7 Å². The number of carbonyl (C=O) groups excluding carboxylic acids is 1. The van der Waals surface area contributed by atoms with Gasteiger partial charge in [-0.2, -0.15) is 4.31 Å². The first-order chi connectivity index (χ1) is 13.8. The van der Waals surface area contributed by atoms with Crippen molar-refractivity contribution in [1.29, 1.82) is 0 Å². The fourth-order valence-corrected chi connectivity index (χ4v) is 4.98. The zero-order chi connectivity index (χ0) is 21.0. The van der Waals surface area contributed by atoms with Gasteiger partial charge in [-0.3, -0.25) is 4.79 Å². The first-order valence-corrected chi connectivity index (χ1v) is 11.4. The molecular formula is C22H29N3O3S. The van der Waals surface area contributed by atoms with Crippen LogP contribution >= 0.6 is 0 Å². The van der Waals surface area contributed by atoms with Gasteiger partial charge >= 0.3 is 0 Å². The van der Waals surface area contributed by atoms with Crippen molar-refractivity contribution in [3.8, 4) is 0 Å². The van der Waals surface area contributed by atoms with Gasteiger partial charge in [0.25, 0.3) is 5.91 Å². The van der Waals surface area contributed by atoms with Gasteiger partial charge in [-0.25, -0.2) is 8.42 Å². The molecule has 1 saturated heterocycles. The van der Waals surface area contributed by atoms with E-state index < -0.39 is 10.0 Å². The summed E-state index contributed by atoms with van der Waals surface area (Å²) in [5.41, 5.74) is 2.18. The molecule has 1 N–H and O–H groups in total. The molecule has 3 rings (SSSR count). The Balaban J connectivity index is 1.84. The van der Waals surface area contributed by atoms with Crippen molar-refractivity contribution in [2.45, 2.75) is 31.2 Å². The van der Waals surface area contributed by atoms with Crippen LogP contribution < -0.4 is 5.32 Å². The summed E-state index contributed by atoms with van der Waals surface area (Å²) in [4.78, 5) is 15.3. The predicted molar refractivity (Wildman–Crippen MR) is 114 cm³/mol. The van der Waals surface area contributed by atoms with Crippen molar-refractivity contribution >= 4 is 15.9 Å². The van der Waals surface area contributed by atoms with Crippen LogP contribution in [0.5, 0.6) is 0 Å². The SMILES string of the molecule is CCC(NC(=O)c1cc(S(=O)(=O)N2CCN(C)CC2)ccc1C)c1ccccc1. The summed E-state index contributed by atoms with van der Waals surface area (Å²) in [5, 5.41) is 3.05. The summed E-state index contributed by atoms with van der Waals surface area (Å²) in [6.07, 6.45) is 0.744. The molecule has 7 heteroatoms. The van der Waals surface area contributed by atoms with Crippen LogP contribution in [0.1, 0.15) is 40.9 Å². The molecule has 0 bridgehead atoms. The van der Waals surface area contributed by atoms with Crippen molar-refractivity contribution in [2.75, 3.05) is 33.2 Å². The molecule has 0 saturated carbocycles. The van der Waals surface area contributed by atoms with Crippen molar-refractivity contribution in [1.82, 2.24) is 14.5 Å². The average molecular weight is 416 g/mol. The highest BCUT2D eigenvalue weighted by Gasteiger charge is 2.28. The number of carbonyl (C=O) groups is 1. The Morgan fingerprint density at radius 2 is 1.72 bits per heavy atom. The van der Waals surface area contributed by atoms with Gasteiger partial charge in [0.2, 0.25) is 10.0 Å². The van der Waals surface area contributed by atoms with E-state index in [0.717, 1.165) is 17.5 Å². The number of sulfonamides is 1. The third kappa shape index (κ3) is 4.86. The Kier molecular flexibility index (Phi) is 6.72. The summed E-state index contributed by atoms with van der Waals surface area (Å²) in [6.45, 7) is 6.16. The average Bonchev–Trinajstić information content (AvgIpc) is 2.73. The molecule has 1 heterocycles. The lowest BCUT2D eigenvalue weighted by molar-refractivity contribution is 0.0934. The van der Waals surface area contributed by atoms with Crippen molar-refractivity contribution in [3.05, 3.63) is 65.2 Å². The standard InChI is InChI=1S/C22H29N3O3S/c1-4-21(18-8-6-5-7-9-18)23-22(26)20-16-19(11-10-17(20)2)29(27,28)25-14-12-24(3)13-15-25/h5-11,16,21H,4,12-15H2,1-3H3,(H,23,26). The first-order valence-electron chi connectivity index (χ1n) is 9.98. The maximum atomic E-state index is 13.1. The van der Waals surface area contributed by atoms with Gasteiger partial charge in [-0.1, -0.05) is 43.3 Å². The third-order valence-corrected chi connectivity index (χ3v) is 7.36. The number of nitrogens with zero attached hydrogens (tertiary/aromatic N) is 2. The minimum absolute atomic E-state index is 0.124. The lowest BCUT2D eigenvalue weighted by atomic mass is 10.0. The molecule has 6 nitrogen and oxygen atoms in total. The molecule has 2 aromatic rings. The van der Waals surface area contributed by atoms with Gasteiger partial charge in [0, 0.05) is 31.7 Å². The summed E-state index contributed by atoms with van der Waals surface area (Å²) >= 11 is 0. The third-order valence-electron chi connectivity index (χ3n) is 5.47. The fraction of sp³-hybridized carbons (Fsp3) is 0.409. The van der Waals surface area contributed by atoms with Gasteiger partial charge in [-0.05, 0) is 43.7 Å². The second-order valence-electron chi connectivity index (χ2n) is 7.53. The molecule has 1 aliphatic rings. The van der Waals surface area contributed by atoms with Crippen LogP contribution in [0, 0.1) is 6.92 Å². The van der Waals surface area contributed by atoms with E-state index in [-0.39, 0.29) is 16.8 Å². The summed E-state index contributed by atoms with van der Waals surface area (Å²) in [6, 6.07) is 14.5. The largest absolute Gasteiger partial charge is 0.345 e. The molecule has 2 aromatic carbocycles. The van der Waals surface area contributed by atoms with Gasteiger partial charge in [0.05, 0.1) is 10.9 Å². The summed E-state index contributed by atoms with van der Waals surface area (Å²) in [5.74, 6) is -0.256. The van der Waals surface area contributed by atoms with Gasteiger partial charge in [0.15, 0.2) is 0 Å². The van der Waals surface area contributed by atoms with Gasteiger partial charge < -0.3 is 10.2 Å². The van der Waals surface area contributed by atoms with Crippen LogP contribution in [-0.2, 0) is 10.0 Å². The van der Waals surface area contributed by atoms with Gasteiger partial charge in [0.1, 0.15) is 0 Å². The number of benzene rings is 2. The molecule has 0 spiro atoms. The topological polar surface area (TPSA) is 69.7 Å². The van der Waals surface area contributed by atoms with E-state index in [9.17, 15) is 13.2 Å². The highest BCUT2D eigenvalue weighted by atomic mass is 32.2. The minimum Gasteiger partial charge on any atom is -0.345 e. The minimum atomic E-state index is -3.62. The van der Waals surface area contributed by atoms with E-state index in [2.05, 4.69) is 10.2 Å².